The molecule has 0 aliphatic carbocycles. The van der Waals surface area contributed by atoms with Gasteiger partial charge in [-0.25, -0.2) is 9.78 Å². The Bertz CT molecular complexity index is 1270. The maximum absolute atomic E-state index is 12.7. The number of carbonyl (C=O) groups is 4. The van der Waals surface area contributed by atoms with E-state index in [1.54, 1.807) is 13.0 Å². The van der Waals surface area contributed by atoms with Crippen molar-refractivity contribution < 1.29 is 60.0 Å². The summed E-state index contributed by atoms with van der Waals surface area (Å²) in [5.41, 5.74) is 5.63. The standard InChI is InChI=1S/C18H17N7O6S.Na.H/c1-6-3-10(25-18(20-6)21-15(22-25)14(19)27)32-5-9-12(17(29)30)24-11-8(31-9)4-23(7(2)26)13(11)16(24)28;;/h3,8,11,13H,4-5H2,1-2H3,(H2,19,27)(H,29,30);;/q;+1;-1/t8-,11-,13+;;/m1../s1. The Morgan fingerprint density at radius 1 is 1.36 bits per heavy atom. The van der Waals surface area contributed by atoms with Crippen LogP contribution in [0.3, 0.4) is 0 Å². The Morgan fingerprint density at radius 3 is 2.73 bits per heavy atom. The Labute approximate surface area is 214 Å². The first-order valence-corrected chi connectivity index (χ1v) is 10.6. The minimum Gasteiger partial charge on any atom is -1.00 e. The van der Waals surface area contributed by atoms with E-state index >= 15 is 0 Å². The average molecular weight is 483 g/mol. The Balaban J connectivity index is 0.00000162. The van der Waals surface area contributed by atoms with Gasteiger partial charge < -0.3 is 21.9 Å². The van der Waals surface area contributed by atoms with Gasteiger partial charge in [-0.1, -0.05) is 11.8 Å². The van der Waals surface area contributed by atoms with Gasteiger partial charge in [-0.3, -0.25) is 19.3 Å². The van der Waals surface area contributed by atoms with Crippen molar-refractivity contribution in [2.45, 2.75) is 37.1 Å². The number of primary amides is 1. The average Bonchev–Trinajstić information content (AvgIpc) is 3.30. The van der Waals surface area contributed by atoms with Crippen molar-refractivity contribution in [1.82, 2.24) is 29.4 Å². The zero-order valence-corrected chi connectivity index (χ0v) is 20.7. The van der Waals surface area contributed by atoms with E-state index in [4.69, 9.17) is 10.5 Å². The molecule has 3 aliphatic heterocycles. The molecule has 3 amide bonds. The molecule has 5 heterocycles. The quantitative estimate of drug-likeness (QED) is 0.184. The second kappa shape index (κ2) is 8.27. The van der Waals surface area contributed by atoms with Gasteiger partial charge in [0.15, 0.2) is 5.70 Å². The van der Waals surface area contributed by atoms with Gasteiger partial charge in [0.2, 0.25) is 11.7 Å². The van der Waals surface area contributed by atoms with Crippen molar-refractivity contribution in [2.75, 3.05) is 12.3 Å². The number of likely N-dealkylation sites (tertiary alicyclic amines) is 1. The molecule has 168 valence electrons. The van der Waals surface area contributed by atoms with Crippen LogP contribution in [0, 0.1) is 6.92 Å². The number of rotatable bonds is 5. The Hall–Kier alpha value is -2.68. The molecule has 3 N–H and O–H groups in total. The number of amides is 3. The van der Waals surface area contributed by atoms with Gasteiger partial charge in [-0.2, -0.15) is 9.50 Å². The molecule has 0 unspecified atom stereocenters. The third kappa shape index (κ3) is 3.57. The smallest absolute Gasteiger partial charge is 1.00 e. The van der Waals surface area contributed by atoms with Crippen LogP contribution in [-0.2, 0) is 19.1 Å². The molecule has 15 heteroatoms. The number of aliphatic carboxylic acids is 1. The summed E-state index contributed by atoms with van der Waals surface area (Å²) in [6.07, 6.45) is -0.507. The summed E-state index contributed by atoms with van der Waals surface area (Å²) < 4.78 is 7.31. The second-order valence-electron chi connectivity index (χ2n) is 7.58. The van der Waals surface area contributed by atoms with E-state index in [1.165, 1.54) is 33.0 Å². The number of nitrogens with two attached hydrogens (primary N) is 1. The van der Waals surface area contributed by atoms with E-state index in [9.17, 15) is 24.3 Å². The third-order valence-electron chi connectivity index (χ3n) is 5.59. The SMILES string of the molecule is CC(=O)N1C[C@H]2OC(CSc3cc(C)nc4nc(C(N)=O)nn34)=C(C(=O)O)N3C(=O)[C@@H]1[C@@H]23.[H-].[Na+]. The number of nitrogens with zero attached hydrogens (tertiary/aromatic N) is 6. The number of carbonyl (C=O) groups excluding carboxylic acids is 3. The summed E-state index contributed by atoms with van der Waals surface area (Å²) in [7, 11) is 0. The minimum absolute atomic E-state index is 0. The summed E-state index contributed by atoms with van der Waals surface area (Å²) in [5.74, 6) is -2.64. The maximum Gasteiger partial charge on any atom is 1.00 e. The molecule has 2 saturated heterocycles. The number of thioether (sulfide) groups is 1. The largest absolute Gasteiger partial charge is 1.00 e. The van der Waals surface area contributed by atoms with E-state index in [0.717, 1.165) is 0 Å². The van der Waals surface area contributed by atoms with Gasteiger partial charge in [-0.05, 0) is 13.0 Å². The molecule has 2 aromatic rings. The molecular formula is C18H18N7NaO6S. The minimum atomic E-state index is -1.29. The first-order valence-electron chi connectivity index (χ1n) is 9.57. The van der Waals surface area contributed by atoms with Crippen LogP contribution in [0.2, 0.25) is 0 Å². The molecule has 3 atom stereocenters. The van der Waals surface area contributed by atoms with Crippen molar-refractivity contribution >= 4 is 41.2 Å². The number of hydrogen-bond acceptors (Lipinski definition) is 9. The van der Waals surface area contributed by atoms with Gasteiger partial charge in [0.25, 0.3) is 17.6 Å². The summed E-state index contributed by atoms with van der Waals surface area (Å²) >= 11 is 1.18. The molecule has 3 aliphatic rings. The summed E-state index contributed by atoms with van der Waals surface area (Å²) in [6, 6.07) is 0.502. The summed E-state index contributed by atoms with van der Waals surface area (Å²) in [5, 5.41) is 14.4. The number of hydrogen-bond donors (Lipinski definition) is 2. The van der Waals surface area contributed by atoms with E-state index in [1.807, 2.05) is 0 Å². The van der Waals surface area contributed by atoms with E-state index < -0.39 is 36.0 Å². The van der Waals surface area contributed by atoms with Gasteiger partial charge in [-0.15, -0.1) is 5.10 Å². The maximum atomic E-state index is 12.7. The van der Waals surface area contributed by atoms with Gasteiger partial charge >= 0.3 is 35.5 Å². The molecule has 33 heavy (non-hydrogen) atoms. The molecule has 5 rings (SSSR count). The molecule has 0 radical (unpaired) electrons. The number of carboxylic acid groups (broad SMARTS) is 1. The van der Waals surface area contributed by atoms with Crippen LogP contribution < -0.4 is 35.3 Å². The van der Waals surface area contributed by atoms with E-state index in [2.05, 4.69) is 15.1 Å². The van der Waals surface area contributed by atoms with Crippen LogP contribution in [-0.4, -0.2) is 88.7 Å². The molecule has 0 bridgehead atoms. The van der Waals surface area contributed by atoms with Crippen LogP contribution in [0.15, 0.2) is 22.5 Å². The van der Waals surface area contributed by atoms with Gasteiger partial charge in [0.1, 0.15) is 29.0 Å². The number of aryl methyl sites for hydroxylation is 1. The van der Waals surface area contributed by atoms with Crippen molar-refractivity contribution in [2.24, 2.45) is 5.73 Å². The van der Waals surface area contributed by atoms with Crippen molar-refractivity contribution in [3.63, 3.8) is 0 Å². The topological polar surface area (TPSA) is 173 Å². The third-order valence-corrected chi connectivity index (χ3v) is 6.58. The van der Waals surface area contributed by atoms with Crippen molar-refractivity contribution in [3.05, 3.63) is 29.0 Å². The Kier molecular flexibility index (Phi) is 5.88. The fraction of sp³-hybridized carbons (Fsp3) is 0.389. The van der Waals surface area contributed by atoms with Crippen LogP contribution in [0.25, 0.3) is 5.78 Å². The number of β-lactam (4-membered cyclic amide) rings is 1. The Morgan fingerprint density at radius 2 is 2.09 bits per heavy atom. The first-order chi connectivity index (χ1) is 15.2. The van der Waals surface area contributed by atoms with Gasteiger partial charge in [0.05, 0.1) is 12.3 Å². The normalized spacial score (nSPS) is 23.1. The second-order valence-corrected chi connectivity index (χ2v) is 8.58. The summed E-state index contributed by atoms with van der Waals surface area (Å²) in [4.78, 5) is 58.9. The molecule has 0 aromatic carbocycles. The fourth-order valence-electron chi connectivity index (χ4n) is 4.29. The van der Waals surface area contributed by atoms with Crippen LogP contribution in [0.5, 0.6) is 0 Å². The zero-order chi connectivity index (χ0) is 22.9. The molecule has 0 spiro atoms. The fourth-order valence-corrected chi connectivity index (χ4v) is 5.27. The van der Waals surface area contributed by atoms with E-state index in [0.29, 0.717) is 10.7 Å². The number of fused-ring (bicyclic) bond motifs is 1. The predicted molar refractivity (Wildman–Crippen MR) is 107 cm³/mol. The molecule has 2 aromatic heterocycles. The number of aromatic nitrogens is 4. The molecule has 13 nitrogen and oxygen atoms in total. The first kappa shape index (κ1) is 23.5. The summed E-state index contributed by atoms with van der Waals surface area (Å²) in [6.45, 7) is 3.31. The molecule has 2 fully saturated rings. The monoisotopic (exact) mass is 483 g/mol. The zero-order valence-electron chi connectivity index (χ0n) is 18.9. The molecular weight excluding hydrogens is 465 g/mol. The van der Waals surface area contributed by atoms with Gasteiger partial charge in [0, 0.05) is 12.6 Å². The number of carboxylic acids is 1. The van der Waals surface area contributed by atoms with Crippen molar-refractivity contribution in [1.29, 1.82) is 0 Å². The molecule has 0 saturated carbocycles. The number of ether oxygens (including phenoxy) is 1. The van der Waals surface area contributed by atoms with E-state index in [-0.39, 0.29) is 72.2 Å². The van der Waals surface area contributed by atoms with Crippen molar-refractivity contribution in [3.8, 4) is 0 Å². The van der Waals surface area contributed by atoms with Crippen LogP contribution >= 0.6 is 11.8 Å². The van der Waals surface area contributed by atoms with Crippen LogP contribution in [0.1, 0.15) is 24.7 Å². The predicted octanol–water partition coefficient (Wildman–Crippen LogP) is -4.12. The van der Waals surface area contributed by atoms with Crippen LogP contribution in [0.4, 0.5) is 0 Å².